The van der Waals surface area contributed by atoms with Crippen molar-refractivity contribution in [1.82, 2.24) is 5.32 Å². The summed E-state index contributed by atoms with van der Waals surface area (Å²) in [4.78, 5) is 13.5. The van der Waals surface area contributed by atoms with Gasteiger partial charge >= 0.3 is 0 Å². The number of ether oxygens (including phenoxy) is 2. The molecular weight excluding hydrogens is 396 g/mol. The molecule has 1 aliphatic rings. The Morgan fingerprint density at radius 3 is 2.73 bits per heavy atom. The minimum absolute atomic E-state index is 0.00887. The zero-order valence-corrected chi connectivity index (χ0v) is 16.2. The Morgan fingerprint density at radius 1 is 1.19 bits per heavy atom. The first kappa shape index (κ1) is 18.9. The van der Waals surface area contributed by atoms with Gasteiger partial charge in [0.25, 0.3) is 5.91 Å². The summed E-state index contributed by atoms with van der Waals surface area (Å²) in [6, 6.07) is 17.9. The van der Waals surface area contributed by atoms with Crippen LogP contribution in [0.25, 0.3) is 0 Å². The van der Waals surface area contributed by atoms with E-state index in [1.165, 1.54) is 10.5 Å². The van der Waals surface area contributed by atoms with Gasteiger partial charge in [0.1, 0.15) is 31.5 Å². The van der Waals surface area contributed by atoms with Crippen molar-refractivity contribution in [2.45, 2.75) is 12.6 Å². The monoisotopic (exact) mass is 419 g/mol. The number of morpholine rings is 1. The summed E-state index contributed by atoms with van der Waals surface area (Å²) < 4.78 is 12.3. The Labute approximate surface area is 162 Å². The van der Waals surface area contributed by atoms with Crippen LogP contribution in [0, 0.1) is 0 Å². The summed E-state index contributed by atoms with van der Waals surface area (Å²) in [5.74, 6) is 0.544. The van der Waals surface area contributed by atoms with Crippen LogP contribution in [0.3, 0.4) is 0 Å². The number of rotatable bonds is 7. The molecule has 2 aromatic rings. The van der Waals surface area contributed by atoms with Gasteiger partial charge in [-0.15, -0.1) is 0 Å². The van der Waals surface area contributed by atoms with E-state index >= 15 is 0 Å². The lowest BCUT2D eigenvalue weighted by Crippen LogP contribution is -3.13. The van der Waals surface area contributed by atoms with Crippen LogP contribution in [-0.4, -0.2) is 44.9 Å². The highest BCUT2D eigenvalue weighted by molar-refractivity contribution is 9.10. The fourth-order valence-electron chi connectivity index (χ4n) is 2.99. The molecule has 2 aromatic carbocycles. The Balaban J connectivity index is 1.38. The number of hydrogen-bond donors (Lipinski definition) is 2. The molecule has 0 radical (unpaired) electrons. The van der Waals surface area contributed by atoms with Crippen LogP contribution in [0.5, 0.6) is 5.75 Å². The van der Waals surface area contributed by atoms with Gasteiger partial charge in [-0.2, -0.15) is 0 Å². The topological polar surface area (TPSA) is 52.0 Å². The van der Waals surface area contributed by atoms with Crippen LogP contribution in [0.2, 0.25) is 0 Å². The average Bonchev–Trinajstić information content (AvgIpc) is 2.67. The molecule has 138 valence electrons. The molecule has 0 aromatic heterocycles. The van der Waals surface area contributed by atoms with Gasteiger partial charge in [0, 0.05) is 16.6 Å². The predicted octanol–water partition coefficient (Wildman–Crippen LogP) is 1.43. The summed E-state index contributed by atoms with van der Waals surface area (Å²) >= 11 is 3.37. The zero-order chi connectivity index (χ0) is 18.2. The number of benzene rings is 2. The van der Waals surface area contributed by atoms with E-state index in [-0.39, 0.29) is 18.6 Å². The van der Waals surface area contributed by atoms with E-state index in [0.29, 0.717) is 12.3 Å². The largest absolute Gasteiger partial charge is 0.484 e. The highest BCUT2D eigenvalue weighted by Crippen LogP contribution is 2.15. The SMILES string of the molecule is O=C(COc1ccc(Br)cc1)NC[C@@H]1C[NH+](Cc2ccccc2)CCO1. The highest BCUT2D eigenvalue weighted by atomic mass is 79.9. The molecule has 1 saturated heterocycles. The number of hydrogen-bond acceptors (Lipinski definition) is 3. The van der Waals surface area contributed by atoms with Crippen molar-refractivity contribution >= 4 is 21.8 Å². The van der Waals surface area contributed by atoms with Crippen molar-refractivity contribution in [3.63, 3.8) is 0 Å². The van der Waals surface area contributed by atoms with Crippen molar-refractivity contribution in [1.29, 1.82) is 0 Å². The van der Waals surface area contributed by atoms with Crippen molar-refractivity contribution in [3.05, 3.63) is 64.6 Å². The first-order valence-electron chi connectivity index (χ1n) is 8.83. The first-order valence-corrected chi connectivity index (χ1v) is 9.62. The fourth-order valence-corrected chi connectivity index (χ4v) is 3.25. The van der Waals surface area contributed by atoms with Crippen LogP contribution in [-0.2, 0) is 16.1 Å². The van der Waals surface area contributed by atoms with Crippen LogP contribution in [0.1, 0.15) is 5.56 Å². The second kappa shape index (κ2) is 9.71. The lowest BCUT2D eigenvalue weighted by Gasteiger charge is -2.30. The molecule has 5 nitrogen and oxygen atoms in total. The predicted molar refractivity (Wildman–Crippen MR) is 103 cm³/mol. The number of nitrogens with one attached hydrogen (secondary N) is 2. The molecule has 1 unspecified atom stereocenters. The lowest BCUT2D eigenvalue weighted by atomic mass is 10.2. The van der Waals surface area contributed by atoms with Gasteiger partial charge in [-0.25, -0.2) is 0 Å². The molecule has 0 aliphatic carbocycles. The van der Waals surface area contributed by atoms with E-state index in [4.69, 9.17) is 9.47 Å². The molecule has 1 fully saturated rings. The van der Waals surface area contributed by atoms with E-state index in [0.717, 1.165) is 30.7 Å². The van der Waals surface area contributed by atoms with Crippen molar-refractivity contribution < 1.29 is 19.2 Å². The zero-order valence-electron chi connectivity index (χ0n) is 14.6. The van der Waals surface area contributed by atoms with Gasteiger partial charge in [0.05, 0.1) is 6.61 Å². The molecule has 1 aliphatic heterocycles. The van der Waals surface area contributed by atoms with Crippen LogP contribution in [0.4, 0.5) is 0 Å². The maximum atomic E-state index is 12.0. The summed E-state index contributed by atoms with van der Waals surface area (Å²) in [7, 11) is 0. The minimum atomic E-state index is -0.133. The molecule has 0 saturated carbocycles. The maximum absolute atomic E-state index is 12.0. The normalized spacial score (nSPS) is 19.7. The van der Waals surface area contributed by atoms with Crippen LogP contribution in [0.15, 0.2) is 59.1 Å². The molecule has 26 heavy (non-hydrogen) atoms. The van der Waals surface area contributed by atoms with E-state index in [9.17, 15) is 4.79 Å². The molecule has 2 atom stereocenters. The van der Waals surface area contributed by atoms with Crippen LogP contribution < -0.4 is 15.0 Å². The second-order valence-corrected chi connectivity index (χ2v) is 7.32. The number of carbonyl (C=O) groups is 1. The third-order valence-corrected chi connectivity index (χ3v) is 4.86. The van der Waals surface area contributed by atoms with Crippen molar-refractivity contribution in [2.75, 3.05) is 32.8 Å². The number of carbonyl (C=O) groups excluding carboxylic acids is 1. The van der Waals surface area contributed by atoms with E-state index in [2.05, 4.69) is 45.5 Å². The first-order chi connectivity index (χ1) is 12.7. The average molecular weight is 420 g/mol. The van der Waals surface area contributed by atoms with E-state index in [1.807, 2.05) is 30.3 Å². The standard InChI is InChI=1S/C20H23BrN2O3/c21-17-6-8-18(9-7-17)26-15-20(24)22-12-19-14-23(10-11-25-19)13-16-4-2-1-3-5-16/h1-9,19H,10-15H2,(H,22,24)/p+1/t19-/m1/s1. The number of quaternary nitrogens is 1. The van der Waals surface area contributed by atoms with Crippen molar-refractivity contribution in [2.24, 2.45) is 0 Å². The Hall–Kier alpha value is -1.89. The molecule has 0 bridgehead atoms. The molecule has 1 amide bonds. The van der Waals surface area contributed by atoms with Gasteiger partial charge < -0.3 is 19.7 Å². The second-order valence-electron chi connectivity index (χ2n) is 6.41. The Kier molecular flexibility index (Phi) is 7.05. The van der Waals surface area contributed by atoms with Gasteiger partial charge in [0.15, 0.2) is 6.61 Å². The third kappa shape index (κ3) is 6.12. The summed E-state index contributed by atoms with van der Waals surface area (Å²) in [5.41, 5.74) is 1.33. The van der Waals surface area contributed by atoms with Gasteiger partial charge in [-0.1, -0.05) is 46.3 Å². The molecule has 6 heteroatoms. The summed E-state index contributed by atoms with van der Waals surface area (Å²) in [6.07, 6.45) is 0.0408. The summed E-state index contributed by atoms with van der Waals surface area (Å²) in [5, 5.41) is 2.91. The van der Waals surface area contributed by atoms with Crippen molar-refractivity contribution in [3.8, 4) is 5.75 Å². The van der Waals surface area contributed by atoms with Crippen LogP contribution >= 0.6 is 15.9 Å². The van der Waals surface area contributed by atoms with Gasteiger partial charge in [-0.3, -0.25) is 4.79 Å². The quantitative estimate of drug-likeness (QED) is 0.713. The molecule has 2 N–H and O–H groups in total. The van der Waals surface area contributed by atoms with E-state index < -0.39 is 0 Å². The lowest BCUT2D eigenvalue weighted by molar-refractivity contribution is -0.925. The summed E-state index contributed by atoms with van der Waals surface area (Å²) in [6.45, 7) is 4.12. The number of halogens is 1. The smallest absolute Gasteiger partial charge is 0.258 e. The van der Waals surface area contributed by atoms with Gasteiger partial charge in [0.2, 0.25) is 0 Å². The molecular formula is C20H24BrN2O3+. The minimum Gasteiger partial charge on any atom is -0.484 e. The van der Waals surface area contributed by atoms with E-state index in [1.54, 1.807) is 0 Å². The molecule has 3 rings (SSSR count). The highest BCUT2D eigenvalue weighted by Gasteiger charge is 2.24. The maximum Gasteiger partial charge on any atom is 0.258 e. The molecule has 0 spiro atoms. The fraction of sp³-hybridized carbons (Fsp3) is 0.350. The number of amides is 1. The van der Waals surface area contributed by atoms with Gasteiger partial charge in [-0.05, 0) is 24.3 Å². The molecule has 1 heterocycles. The Morgan fingerprint density at radius 2 is 1.96 bits per heavy atom. The third-order valence-electron chi connectivity index (χ3n) is 4.33. The Bertz CT molecular complexity index is 694.